The van der Waals surface area contributed by atoms with Crippen molar-refractivity contribution in [3.8, 4) is 0 Å². The van der Waals surface area contributed by atoms with E-state index in [1.807, 2.05) is 12.3 Å². The van der Waals surface area contributed by atoms with Gasteiger partial charge in [-0.1, -0.05) is 0 Å². The molecule has 0 bridgehead atoms. The number of rotatable bonds is 1. The van der Waals surface area contributed by atoms with Crippen LogP contribution in [0.2, 0.25) is 0 Å². The third kappa shape index (κ3) is 1.22. The third-order valence-electron chi connectivity index (χ3n) is 1.20. The summed E-state index contributed by atoms with van der Waals surface area (Å²) in [5.74, 6) is -0.354. The van der Waals surface area contributed by atoms with E-state index < -0.39 is 0 Å². The molecule has 0 saturated carbocycles. The molecule has 54 valence electrons. The molecule has 0 aliphatic rings. The second-order valence-electron chi connectivity index (χ2n) is 1.90. The van der Waals surface area contributed by atoms with Crippen molar-refractivity contribution >= 4 is 33.2 Å². The Kier molecular flexibility index (Phi) is 2.11. The van der Waals surface area contributed by atoms with Gasteiger partial charge in [-0.2, -0.15) is 0 Å². The monoisotopic (exact) mass is 219 g/mol. The van der Waals surface area contributed by atoms with Crippen LogP contribution in [0.3, 0.4) is 0 Å². The summed E-state index contributed by atoms with van der Waals surface area (Å²) in [6, 6.07) is 0. The third-order valence-corrected chi connectivity index (χ3v) is 3.43. The van der Waals surface area contributed by atoms with E-state index >= 15 is 0 Å². The van der Waals surface area contributed by atoms with Gasteiger partial charge in [0, 0.05) is 9.85 Å². The van der Waals surface area contributed by atoms with Gasteiger partial charge < -0.3 is 5.73 Å². The molecule has 0 radical (unpaired) electrons. The van der Waals surface area contributed by atoms with E-state index in [1.54, 1.807) is 0 Å². The number of amides is 1. The molecule has 1 aromatic rings. The minimum Gasteiger partial charge on any atom is -0.365 e. The molecule has 10 heavy (non-hydrogen) atoms. The van der Waals surface area contributed by atoms with Gasteiger partial charge in [0.15, 0.2) is 0 Å². The molecule has 0 aliphatic carbocycles. The van der Waals surface area contributed by atoms with Gasteiger partial charge in [0.1, 0.15) is 0 Å². The standard InChI is InChI=1S/C6H6BrNOS/c1-3-4(7)2-10-5(3)6(8)9/h2H,1H3,(H2,8,9). The fourth-order valence-corrected chi connectivity index (χ4v) is 2.05. The lowest BCUT2D eigenvalue weighted by atomic mass is 10.3. The van der Waals surface area contributed by atoms with Gasteiger partial charge in [-0.05, 0) is 28.4 Å². The van der Waals surface area contributed by atoms with Crippen LogP contribution in [0.4, 0.5) is 0 Å². The zero-order valence-electron chi connectivity index (χ0n) is 5.35. The van der Waals surface area contributed by atoms with Crippen molar-refractivity contribution in [2.24, 2.45) is 5.73 Å². The van der Waals surface area contributed by atoms with E-state index in [1.165, 1.54) is 11.3 Å². The minimum atomic E-state index is -0.354. The first-order chi connectivity index (χ1) is 4.63. The maximum absolute atomic E-state index is 10.6. The Morgan fingerprint density at radius 3 is 2.60 bits per heavy atom. The number of hydrogen-bond donors (Lipinski definition) is 1. The summed E-state index contributed by atoms with van der Waals surface area (Å²) in [4.78, 5) is 11.3. The highest BCUT2D eigenvalue weighted by Crippen LogP contribution is 2.25. The van der Waals surface area contributed by atoms with Crippen molar-refractivity contribution in [1.29, 1.82) is 0 Å². The first kappa shape index (κ1) is 7.75. The molecule has 1 amide bonds. The van der Waals surface area contributed by atoms with E-state index in [9.17, 15) is 4.79 Å². The fourth-order valence-electron chi connectivity index (χ4n) is 0.639. The molecule has 1 heterocycles. The molecule has 2 nitrogen and oxygen atoms in total. The molecule has 2 N–H and O–H groups in total. The van der Waals surface area contributed by atoms with Crippen LogP contribution >= 0.6 is 27.3 Å². The molecule has 0 fully saturated rings. The molecule has 0 unspecified atom stereocenters. The highest BCUT2D eigenvalue weighted by molar-refractivity contribution is 9.10. The Morgan fingerprint density at radius 1 is 1.80 bits per heavy atom. The Labute approximate surface area is 71.2 Å². The van der Waals surface area contributed by atoms with Gasteiger partial charge >= 0.3 is 0 Å². The maximum atomic E-state index is 10.6. The van der Waals surface area contributed by atoms with Crippen molar-refractivity contribution in [2.75, 3.05) is 0 Å². The molecule has 0 atom stereocenters. The van der Waals surface area contributed by atoms with E-state index in [0.717, 1.165) is 10.0 Å². The van der Waals surface area contributed by atoms with Gasteiger partial charge in [-0.25, -0.2) is 0 Å². The van der Waals surface area contributed by atoms with Crippen LogP contribution in [0.15, 0.2) is 9.85 Å². The van der Waals surface area contributed by atoms with Crippen LogP contribution in [-0.4, -0.2) is 5.91 Å². The summed E-state index contributed by atoms with van der Waals surface area (Å²) in [6.45, 7) is 1.86. The van der Waals surface area contributed by atoms with E-state index in [0.29, 0.717) is 4.88 Å². The lowest BCUT2D eigenvalue weighted by Gasteiger charge is -1.90. The second-order valence-corrected chi connectivity index (χ2v) is 3.64. The Morgan fingerprint density at radius 2 is 2.40 bits per heavy atom. The Balaban J connectivity index is 3.17. The van der Waals surface area contributed by atoms with Crippen LogP contribution in [0.25, 0.3) is 0 Å². The maximum Gasteiger partial charge on any atom is 0.259 e. The van der Waals surface area contributed by atoms with Gasteiger partial charge in [-0.3, -0.25) is 4.79 Å². The summed E-state index contributed by atoms with van der Waals surface area (Å²) in [7, 11) is 0. The normalized spacial score (nSPS) is 9.80. The molecular formula is C6H6BrNOS. The van der Waals surface area contributed by atoms with Crippen LogP contribution in [-0.2, 0) is 0 Å². The lowest BCUT2D eigenvalue weighted by Crippen LogP contribution is -2.09. The summed E-state index contributed by atoms with van der Waals surface area (Å²) in [5, 5.41) is 1.86. The summed E-state index contributed by atoms with van der Waals surface area (Å²) < 4.78 is 0.950. The quantitative estimate of drug-likeness (QED) is 0.771. The van der Waals surface area contributed by atoms with Crippen LogP contribution < -0.4 is 5.73 Å². The highest BCUT2D eigenvalue weighted by Gasteiger charge is 2.08. The van der Waals surface area contributed by atoms with Crippen molar-refractivity contribution in [3.05, 3.63) is 20.3 Å². The average Bonchev–Trinajstić information content (AvgIpc) is 2.14. The number of primary amides is 1. The van der Waals surface area contributed by atoms with Gasteiger partial charge in [0.25, 0.3) is 5.91 Å². The van der Waals surface area contributed by atoms with Gasteiger partial charge in [0.2, 0.25) is 0 Å². The first-order valence-electron chi connectivity index (χ1n) is 2.66. The second kappa shape index (κ2) is 2.72. The molecule has 0 saturated heterocycles. The summed E-state index contributed by atoms with van der Waals surface area (Å²) in [6.07, 6.45) is 0. The van der Waals surface area contributed by atoms with Crippen LogP contribution in [0.1, 0.15) is 15.2 Å². The van der Waals surface area contributed by atoms with Crippen molar-refractivity contribution in [2.45, 2.75) is 6.92 Å². The predicted octanol–water partition coefficient (Wildman–Crippen LogP) is 1.92. The van der Waals surface area contributed by atoms with Crippen molar-refractivity contribution < 1.29 is 4.79 Å². The van der Waals surface area contributed by atoms with Gasteiger partial charge in [0.05, 0.1) is 4.88 Å². The zero-order valence-corrected chi connectivity index (χ0v) is 7.75. The molecule has 1 aromatic heterocycles. The number of hydrogen-bond acceptors (Lipinski definition) is 2. The van der Waals surface area contributed by atoms with Gasteiger partial charge in [-0.15, -0.1) is 11.3 Å². The Hall–Kier alpha value is -0.350. The molecule has 0 aromatic carbocycles. The minimum absolute atomic E-state index is 0.354. The molecular weight excluding hydrogens is 214 g/mol. The van der Waals surface area contributed by atoms with Crippen molar-refractivity contribution in [3.63, 3.8) is 0 Å². The summed E-state index contributed by atoms with van der Waals surface area (Å²) >= 11 is 4.65. The molecule has 1 rings (SSSR count). The molecule has 0 aliphatic heterocycles. The lowest BCUT2D eigenvalue weighted by molar-refractivity contribution is 0.100. The topological polar surface area (TPSA) is 43.1 Å². The number of carbonyl (C=O) groups is 1. The largest absolute Gasteiger partial charge is 0.365 e. The summed E-state index contributed by atoms with van der Waals surface area (Å²) in [5.41, 5.74) is 6.01. The van der Waals surface area contributed by atoms with E-state index in [4.69, 9.17) is 5.73 Å². The number of halogens is 1. The van der Waals surface area contributed by atoms with E-state index in [-0.39, 0.29) is 5.91 Å². The van der Waals surface area contributed by atoms with Crippen molar-refractivity contribution in [1.82, 2.24) is 0 Å². The zero-order chi connectivity index (χ0) is 7.72. The molecule has 0 spiro atoms. The number of nitrogens with two attached hydrogens (primary N) is 1. The average molecular weight is 220 g/mol. The Bertz CT molecular complexity index is 269. The van der Waals surface area contributed by atoms with Crippen LogP contribution in [0.5, 0.6) is 0 Å². The van der Waals surface area contributed by atoms with E-state index in [2.05, 4.69) is 15.9 Å². The molecule has 4 heteroatoms. The predicted molar refractivity (Wildman–Crippen MR) is 45.3 cm³/mol. The SMILES string of the molecule is Cc1c(Br)csc1C(N)=O. The van der Waals surface area contributed by atoms with Crippen LogP contribution in [0, 0.1) is 6.92 Å². The smallest absolute Gasteiger partial charge is 0.259 e. The fraction of sp³-hybridized carbons (Fsp3) is 0.167. The highest BCUT2D eigenvalue weighted by atomic mass is 79.9. The number of carbonyl (C=O) groups excluding carboxylic acids is 1. The number of thiophene rings is 1. The first-order valence-corrected chi connectivity index (χ1v) is 4.33.